The van der Waals surface area contributed by atoms with Gasteiger partial charge in [0.1, 0.15) is 19.8 Å². The first-order valence-corrected chi connectivity index (χ1v) is 13.6. The van der Waals surface area contributed by atoms with E-state index in [-0.39, 0.29) is 24.3 Å². The lowest BCUT2D eigenvalue weighted by Crippen LogP contribution is -2.69. The molecule has 0 spiro atoms. The fourth-order valence-electron chi connectivity index (χ4n) is 4.05. The lowest BCUT2D eigenvalue weighted by molar-refractivity contribution is -0.907. The highest BCUT2D eigenvalue weighted by Gasteiger charge is 2.61. The first-order valence-electron chi connectivity index (χ1n) is 9.88. The van der Waals surface area contributed by atoms with Crippen LogP contribution in [0, 0.1) is 0 Å². The van der Waals surface area contributed by atoms with Crippen LogP contribution in [0.5, 0.6) is 0 Å². The molecule has 0 aromatic carbocycles. The van der Waals surface area contributed by atoms with Crippen molar-refractivity contribution in [2.24, 2.45) is 0 Å². The minimum absolute atomic E-state index is 0.111. The molecule has 8 nitrogen and oxygen atoms in total. The van der Waals surface area contributed by atoms with Crippen molar-refractivity contribution < 1.29 is 29.0 Å². The molecule has 2 unspecified atom stereocenters. The Balaban J connectivity index is 2.26. The Morgan fingerprint density at radius 2 is 1.93 bits per heavy atom. The van der Waals surface area contributed by atoms with E-state index >= 15 is 0 Å². The van der Waals surface area contributed by atoms with Crippen molar-refractivity contribution in [3.05, 3.63) is 11.3 Å². The number of quaternary nitrogens is 1. The number of nitrogens with zero attached hydrogens (tertiary/aromatic N) is 2. The fraction of sp³-hybridized carbons (Fsp3) is 0.789. The molecule has 0 fully saturated rings. The Morgan fingerprint density at radius 1 is 1.32 bits per heavy atom. The third-order valence-corrected chi connectivity index (χ3v) is 7.87. The number of hydrogen-bond donors (Lipinski definition) is 2. The second kappa shape index (κ2) is 7.44. The smallest absolute Gasteiger partial charge is 0.330 e. The number of carbonyl (C=O) groups excluding carboxylic acids is 1. The Bertz CT molecular complexity index is 682. The maximum atomic E-state index is 12.4. The SMILES string of the molecule is CCC1(C(=O)O)C2=C(C[N+](C(=O)[O-])(C(C)(C)C)C2)NN1COCC[Si](C)(C)C. The van der Waals surface area contributed by atoms with Crippen LogP contribution in [0.25, 0.3) is 0 Å². The summed E-state index contributed by atoms with van der Waals surface area (Å²) < 4.78 is 5.49. The van der Waals surface area contributed by atoms with Crippen LogP contribution in [0.2, 0.25) is 25.7 Å². The molecule has 0 saturated carbocycles. The lowest BCUT2D eigenvalue weighted by Gasteiger charge is -2.47. The van der Waals surface area contributed by atoms with Gasteiger partial charge < -0.3 is 25.2 Å². The lowest BCUT2D eigenvalue weighted by atomic mass is 9.86. The molecule has 0 aromatic rings. The summed E-state index contributed by atoms with van der Waals surface area (Å²) >= 11 is 0. The number of carboxylic acid groups (broad SMARTS) is 2. The van der Waals surface area contributed by atoms with E-state index in [9.17, 15) is 19.8 Å². The van der Waals surface area contributed by atoms with Crippen LogP contribution >= 0.6 is 0 Å². The second-order valence-electron chi connectivity index (χ2n) is 10.1. The topological polar surface area (TPSA) is 102 Å². The third-order valence-electron chi connectivity index (χ3n) is 6.17. The zero-order chi connectivity index (χ0) is 21.5. The van der Waals surface area contributed by atoms with Gasteiger partial charge in [-0.05, 0) is 33.2 Å². The number of amides is 1. The van der Waals surface area contributed by atoms with Gasteiger partial charge in [-0.15, -0.1) is 0 Å². The normalized spacial score (nSPS) is 28.4. The van der Waals surface area contributed by atoms with E-state index in [1.807, 2.05) is 27.7 Å². The van der Waals surface area contributed by atoms with E-state index in [2.05, 4.69) is 25.1 Å². The Kier molecular flexibility index (Phi) is 6.07. The summed E-state index contributed by atoms with van der Waals surface area (Å²) in [6.45, 7) is 15.1. The molecule has 2 heterocycles. The van der Waals surface area contributed by atoms with E-state index in [0.29, 0.717) is 24.3 Å². The molecule has 2 atom stereocenters. The molecule has 0 radical (unpaired) electrons. The predicted octanol–water partition coefficient (Wildman–Crippen LogP) is 1.58. The first kappa shape index (κ1) is 22.9. The quantitative estimate of drug-likeness (QED) is 0.371. The average Bonchev–Trinajstić information content (AvgIpc) is 3.04. The van der Waals surface area contributed by atoms with Gasteiger partial charge in [-0.25, -0.2) is 4.79 Å². The second-order valence-corrected chi connectivity index (χ2v) is 15.7. The zero-order valence-corrected chi connectivity index (χ0v) is 19.2. The molecule has 1 amide bonds. The standard InChI is InChI=1S/C19H35N3O5Si/c1-8-19(16(23)24)14-11-22(17(25)26,18(2,3)4)12-15(14)20-21(19)13-27-9-10-28(5,6)7/h20H,8-13H2,1-7H3,(H-,23,24,25,26). The van der Waals surface area contributed by atoms with E-state index in [0.717, 1.165) is 6.04 Å². The molecule has 0 aromatic heterocycles. The summed E-state index contributed by atoms with van der Waals surface area (Å²) in [5.74, 6) is -0.992. The van der Waals surface area contributed by atoms with Crippen LogP contribution in [-0.4, -0.2) is 72.2 Å². The van der Waals surface area contributed by atoms with Gasteiger partial charge in [0, 0.05) is 20.3 Å². The van der Waals surface area contributed by atoms with E-state index in [4.69, 9.17) is 4.74 Å². The highest BCUT2D eigenvalue weighted by molar-refractivity contribution is 6.76. The first-order chi connectivity index (χ1) is 12.7. The maximum absolute atomic E-state index is 12.4. The van der Waals surface area contributed by atoms with Gasteiger partial charge in [-0.1, -0.05) is 26.6 Å². The molecular weight excluding hydrogens is 378 g/mol. The van der Waals surface area contributed by atoms with Gasteiger partial charge in [-0.2, -0.15) is 5.01 Å². The molecule has 0 bridgehead atoms. The van der Waals surface area contributed by atoms with E-state index < -0.39 is 31.2 Å². The van der Waals surface area contributed by atoms with Crippen molar-refractivity contribution in [3.8, 4) is 0 Å². The molecule has 0 saturated heterocycles. The van der Waals surface area contributed by atoms with Gasteiger partial charge in [-0.3, -0.25) is 4.48 Å². The van der Waals surface area contributed by atoms with Crippen molar-refractivity contribution in [1.29, 1.82) is 0 Å². The van der Waals surface area contributed by atoms with E-state index in [1.165, 1.54) is 0 Å². The Labute approximate surface area is 168 Å². The summed E-state index contributed by atoms with van der Waals surface area (Å²) in [6, 6.07) is 0.995. The van der Waals surface area contributed by atoms with Crippen molar-refractivity contribution in [2.45, 2.75) is 70.9 Å². The zero-order valence-electron chi connectivity index (χ0n) is 18.2. The van der Waals surface area contributed by atoms with Crippen molar-refractivity contribution >= 4 is 20.1 Å². The van der Waals surface area contributed by atoms with E-state index in [1.54, 1.807) is 5.01 Å². The largest absolute Gasteiger partial charge is 0.498 e. The van der Waals surface area contributed by atoms with Crippen LogP contribution in [0.4, 0.5) is 4.79 Å². The molecule has 2 rings (SSSR count). The molecule has 9 heteroatoms. The Hall–Kier alpha value is -1.42. The number of carbonyl (C=O) groups is 2. The molecule has 28 heavy (non-hydrogen) atoms. The highest BCUT2D eigenvalue weighted by atomic mass is 28.3. The summed E-state index contributed by atoms with van der Waals surface area (Å²) in [4.78, 5) is 24.5. The van der Waals surface area contributed by atoms with Crippen molar-refractivity contribution in [2.75, 3.05) is 26.4 Å². The van der Waals surface area contributed by atoms with Gasteiger partial charge in [0.25, 0.3) is 6.09 Å². The average molecular weight is 414 g/mol. The summed E-state index contributed by atoms with van der Waals surface area (Å²) in [5.41, 5.74) is 2.52. The fourth-order valence-corrected chi connectivity index (χ4v) is 4.80. The van der Waals surface area contributed by atoms with Gasteiger partial charge >= 0.3 is 5.97 Å². The molecule has 2 aliphatic heterocycles. The number of nitrogens with one attached hydrogen (secondary N) is 1. The molecule has 0 aliphatic carbocycles. The van der Waals surface area contributed by atoms with Crippen molar-refractivity contribution in [3.63, 3.8) is 0 Å². The van der Waals surface area contributed by atoms with Crippen molar-refractivity contribution in [1.82, 2.24) is 10.4 Å². The number of ether oxygens (including phenoxy) is 1. The van der Waals surface area contributed by atoms with Crippen LogP contribution in [-0.2, 0) is 9.53 Å². The number of aliphatic carboxylic acids is 1. The number of carboxylic acids is 1. The predicted molar refractivity (Wildman–Crippen MR) is 107 cm³/mol. The van der Waals surface area contributed by atoms with Gasteiger partial charge in [0.15, 0.2) is 5.54 Å². The minimum Gasteiger partial charge on any atom is -0.498 e. The Morgan fingerprint density at radius 3 is 2.36 bits per heavy atom. The summed E-state index contributed by atoms with van der Waals surface area (Å²) in [7, 11) is -1.24. The number of hydrazine groups is 1. The van der Waals surface area contributed by atoms with Crippen LogP contribution in [0.15, 0.2) is 11.3 Å². The monoisotopic (exact) mass is 413 g/mol. The number of rotatable bonds is 7. The molecular formula is C19H35N3O5Si. The van der Waals surface area contributed by atoms with Gasteiger partial charge in [0.05, 0.1) is 11.2 Å². The van der Waals surface area contributed by atoms with Gasteiger partial charge in [0.2, 0.25) is 0 Å². The maximum Gasteiger partial charge on any atom is 0.330 e. The summed E-state index contributed by atoms with van der Waals surface area (Å²) in [6.07, 6.45) is -0.875. The van der Waals surface area contributed by atoms with Crippen LogP contribution < -0.4 is 10.5 Å². The molecule has 2 aliphatic rings. The molecule has 2 N–H and O–H groups in total. The third kappa shape index (κ3) is 3.72. The minimum atomic E-state index is -1.31. The summed E-state index contributed by atoms with van der Waals surface area (Å²) in [5, 5.41) is 23.8. The number of hydrogen-bond acceptors (Lipinski definition) is 6. The van der Waals surface area contributed by atoms with Crippen LogP contribution in [0.1, 0.15) is 34.1 Å². The highest BCUT2D eigenvalue weighted by Crippen LogP contribution is 2.44. The molecule has 160 valence electrons. The van der Waals surface area contributed by atoms with Crippen LogP contribution in [0.3, 0.4) is 0 Å².